The van der Waals surface area contributed by atoms with Crippen LogP contribution in [0.3, 0.4) is 0 Å². The van der Waals surface area contributed by atoms with Gasteiger partial charge in [-0.2, -0.15) is 0 Å². The lowest BCUT2D eigenvalue weighted by atomic mass is 10.1. The lowest BCUT2D eigenvalue weighted by molar-refractivity contribution is -0.141. The van der Waals surface area contributed by atoms with E-state index >= 15 is 0 Å². The summed E-state index contributed by atoms with van der Waals surface area (Å²) < 4.78 is 0. The van der Waals surface area contributed by atoms with Crippen molar-refractivity contribution in [2.45, 2.75) is 33.2 Å². The molecule has 3 nitrogen and oxygen atoms in total. The summed E-state index contributed by atoms with van der Waals surface area (Å²) in [7, 11) is 0. The van der Waals surface area contributed by atoms with E-state index < -0.39 is 0 Å². The van der Waals surface area contributed by atoms with Crippen molar-refractivity contribution in [2.24, 2.45) is 0 Å². The number of carbonyl (C=O) groups is 1. The third-order valence-electron chi connectivity index (χ3n) is 2.87. The summed E-state index contributed by atoms with van der Waals surface area (Å²) in [6, 6.07) is 0.138. The molecule has 1 unspecified atom stereocenters. The van der Waals surface area contributed by atoms with Gasteiger partial charge in [0.1, 0.15) is 0 Å². The third-order valence-corrected chi connectivity index (χ3v) is 2.87. The molecule has 0 aromatic rings. The molecule has 76 valence electrons. The lowest BCUT2D eigenvalue weighted by Crippen LogP contribution is -2.56. The summed E-state index contributed by atoms with van der Waals surface area (Å²) in [4.78, 5) is 16.1. The van der Waals surface area contributed by atoms with E-state index in [9.17, 15) is 4.79 Å². The Morgan fingerprint density at radius 3 is 2.38 bits per heavy atom. The highest BCUT2D eigenvalue weighted by Gasteiger charge is 2.31. The summed E-state index contributed by atoms with van der Waals surface area (Å²) in [6.45, 7) is 10.0. The van der Waals surface area contributed by atoms with Crippen LogP contribution in [0.4, 0.5) is 0 Å². The number of nitrogens with zero attached hydrogens (tertiary/aromatic N) is 2. The largest absolute Gasteiger partial charge is 0.340 e. The first-order valence-corrected chi connectivity index (χ1v) is 5.27. The monoisotopic (exact) mass is 184 g/mol. The third kappa shape index (κ3) is 2.02. The van der Waals surface area contributed by atoms with Crippen molar-refractivity contribution in [3.63, 3.8) is 0 Å². The first-order valence-electron chi connectivity index (χ1n) is 5.27. The Bertz CT molecular complexity index is 182. The molecule has 0 N–H and O–H groups in total. The van der Waals surface area contributed by atoms with E-state index in [0.717, 1.165) is 32.6 Å². The second-order valence-electron chi connectivity index (χ2n) is 3.47. The highest BCUT2D eigenvalue weighted by molar-refractivity contribution is 5.82. The van der Waals surface area contributed by atoms with Crippen molar-refractivity contribution in [3.8, 4) is 0 Å². The summed E-state index contributed by atoms with van der Waals surface area (Å²) in [5, 5.41) is 0. The van der Waals surface area contributed by atoms with Gasteiger partial charge in [-0.15, -0.1) is 0 Å². The molecular weight excluding hydrogens is 164 g/mol. The molecule has 1 aliphatic rings. The van der Waals surface area contributed by atoms with Crippen molar-refractivity contribution < 1.29 is 4.79 Å². The number of piperazine rings is 1. The maximum absolute atomic E-state index is 11.8. The predicted molar refractivity (Wildman–Crippen MR) is 53.6 cm³/mol. The van der Waals surface area contributed by atoms with Gasteiger partial charge in [0, 0.05) is 19.6 Å². The highest BCUT2D eigenvalue weighted by Crippen LogP contribution is 2.13. The first kappa shape index (κ1) is 10.5. The van der Waals surface area contributed by atoms with Crippen LogP contribution in [0.1, 0.15) is 27.2 Å². The molecule has 1 aliphatic heterocycles. The summed E-state index contributed by atoms with van der Waals surface area (Å²) >= 11 is 0. The van der Waals surface area contributed by atoms with Crippen LogP contribution in [0.15, 0.2) is 0 Å². The number of rotatable bonds is 3. The zero-order valence-electron chi connectivity index (χ0n) is 8.92. The fourth-order valence-electron chi connectivity index (χ4n) is 2.01. The minimum atomic E-state index is 0.138. The van der Waals surface area contributed by atoms with Crippen LogP contribution in [-0.4, -0.2) is 47.9 Å². The Kier molecular flexibility index (Phi) is 3.72. The van der Waals surface area contributed by atoms with Gasteiger partial charge in [0.15, 0.2) is 0 Å². The van der Waals surface area contributed by atoms with E-state index in [1.165, 1.54) is 0 Å². The average Bonchev–Trinajstić information content (AvgIpc) is 2.17. The van der Waals surface area contributed by atoms with E-state index in [1.54, 1.807) is 0 Å². The smallest absolute Gasteiger partial charge is 0.239 e. The zero-order valence-corrected chi connectivity index (χ0v) is 8.92. The van der Waals surface area contributed by atoms with Crippen LogP contribution in [0.2, 0.25) is 0 Å². The molecule has 1 fully saturated rings. The lowest BCUT2D eigenvalue weighted by Gasteiger charge is -2.39. The maximum Gasteiger partial charge on any atom is 0.239 e. The van der Waals surface area contributed by atoms with Crippen LogP contribution in [0.5, 0.6) is 0 Å². The standard InChI is InChI=1S/C10H20N2O/c1-4-9-10(13)12(6-3)8-7-11(9)5-2/h9H,4-8H2,1-3H3. The molecule has 0 aliphatic carbocycles. The Labute approximate surface area is 80.7 Å². The van der Waals surface area contributed by atoms with E-state index in [4.69, 9.17) is 0 Å². The number of amides is 1. The van der Waals surface area contributed by atoms with Crippen molar-refractivity contribution >= 4 is 5.91 Å². The number of hydrogen-bond acceptors (Lipinski definition) is 2. The van der Waals surface area contributed by atoms with Crippen LogP contribution in [-0.2, 0) is 4.79 Å². The van der Waals surface area contributed by atoms with E-state index in [2.05, 4.69) is 18.7 Å². The molecule has 0 aromatic heterocycles. The van der Waals surface area contributed by atoms with Crippen LogP contribution < -0.4 is 0 Å². The van der Waals surface area contributed by atoms with Gasteiger partial charge in [0.25, 0.3) is 0 Å². The van der Waals surface area contributed by atoms with Crippen molar-refractivity contribution in [3.05, 3.63) is 0 Å². The second kappa shape index (κ2) is 4.61. The molecule has 0 saturated carbocycles. The van der Waals surface area contributed by atoms with Gasteiger partial charge >= 0.3 is 0 Å². The Hall–Kier alpha value is -0.570. The predicted octanol–water partition coefficient (Wildman–Crippen LogP) is 0.949. The van der Waals surface area contributed by atoms with E-state index in [-0.39, 0.29) is 6.04 Å². The van der Waals surface area contributed by atoms with Crippen molar-refractivity contribution in [2.75, 3.05) is 26.2 Å². The molecule has 3 heteroatoms. The second-order valence-corrected chi connectivity index (χ2v) is 3.47. The molecule has 0 spiro atoms. The quantitative estimate of drug-likeness (QED) is 0.652. The Morgan fingerprint density at radius 2 is 1.92 bits per heavy atom. The minimum absolute atomic E-state index is 0.138. The van der Waals surface area contributed by atoms with Gasteiger partial charge in [-0.1, -0.05) is 13.8 Å². The van der Waals surface area contributed by atoms with Crippen LogP contribution in [0, 0.1) is 0 Å². The summed E-state index contributed by atoms with van der Waals surface area (Å²) in [6.07, 6.45) is 0.934. The molecular formula is C10H20N2O. The fraction of sp³-hybridized carbons (Fsp3) is 0.900. The maximum atomic E-state index is 11.8. The Morgan fingerprint density at radius 1 is 1.23 bits per heavy atom. The topological polar surface area (TPSA) is 23.6 Å². The Balaban J connectivity index is 2.65. The normalized spacial score (nSPS) is 25.3. The number of likely N-dealkylation sites (N-methyl/N-ethyl adjacent to an activating group) is 2. The molecule has 1 rings (SSSR count). The zero-order chi connectivity index (χ0) is 9.84. The van der Waals surface area contributed by atoms with Crippen molar-refractivity contribution in [1.82, 2.24) is 9.80 Å². The molecule has 1 atom stereocenters. The molecule has 0 radical (unpaired) electrons. The average molecular weight is 184 g/mol. The SMILES string of the molecule is CCC1C(=O)N(CC)CCN1CC. The van der Waals surface area contributed by atoms with E-state index in [0.29, 0.717) is 5.91 Å². The van der Waals surface area contributed by atoms with Gasteiger partial charge in [-0.25, -0.2) is 0 Å². The highest BCUT2D eigenvalue weighted by atomic mass is 16.2. The summed E-state index contributed by atoms with van der Waals surface area (Å²) in [5.41, 5.74) is 0. The molecule has 13 heavy (non-hydrogen) atoms. The van der Waals surface area contributed by atoms with Crippen LogP contribution in [0.25, 0.3) is 0 Å². The number of hydrogen-bond donors (Lipinski definition) is 0. The molecule has 0 aromatic carbocycles. The summed E-state index contributed by atoms with van der Waals surface area (Å²) in [5.74, 6) is 0.318. The molecule has 0 bridgehead atoms. The van der Waals surface area contributed by atoms with Gasteiger partial charge < -0.3 is 4.90 Å². The van der Waals surface area contributed by atoms with Gasteiger partial charge in [0.2, 0.25) is 5.91 Å². The first-order chi connectivity index (χ1) is 6.24. The fourth-order valence-corrected chi connectivity index (χ4v) is 2.01. The van der Waals surface area contributed by atoms with E-state index in [1.807, 2.05) is 11.8 Å². The molecule has 1 saturated heterocycles. The number of carbonyl (C=O) groups excluding carboxylic acids is 1. The van der Waals surface area contributed by atoms with Crippen molar-refractivity contribution in [1.29, 1.82) is 0 Å². The molecule has 1 amide bonds. The van der Waals surface area contributed by atoms with Crippen LogP contribution >= 0.6 is 0 Å². The minimum Gasteiger partial charge on any atom is -0.340 e. The van der Waals surface area contributed by atoms with Gasteiger partial charge in [0.05, 0.1) is 6.04 Å². The van der Waals surface area contributed by atoms with Gasteiger partial charge in [-0.05, 0) is 19.9 Å². The van der Waals surface area contributed by atoms with Gasteiger partial charge in [-0.3, -0.25) is 9.69 Å². The molecule has 1 heterocycles.